The second-order valence-electron chi connectivity index (χ2n) is 6.30. The van der Waals surface area contributed by atoms with Crippen LogP contribution in [-0.4, -0.2) is 58.0 Å². The maximum atomic E-state index is 13.0. The summed E-state index contributed by atoms with van der Waals surface area (Å²) in [5.74, 6) is 0.760. The van der Waals surface area contributed by atoms with Gasteiger partial charge in [0.25, 0.3) is 5.69 Å². The van der Waals surface area contributed by atoms with Crippen LogP contribution < -0.4 is 14.4 Å². The second kappa shape index (κ2) is 8.44. The molecule has 0 aromatic heterocycles. The molecular weight excluding hydrogens is 422 g/mol. The Morgan fingerprint density at radius 3 is 2.24 bits per heavy atom. The Morgan fingerprint density at radius 1 is 1.00 bits per heavy atom. The number of nitro groups is 1. The Balaban J connectivity index is 1.79. The highest BCUT2D eigenvalue weighted by Gasteiger charge is 2.31. The smallest absolute Gasteiger partial charge is 0.294 e. The number of methoxy groups -OCH3 is 2. The molecular formula is C18H20ClN3O6S. The highest BCUT2D eigenvalue weighted by atomic mass is 35.5. The number of ether oxygens (including phenoxy) is 2. The summed E-state index contributed by atoms with van der Waals surface area (Å²) in [7, 11) is -0.832. The van der Waals surface area contributed by atoms with Gasteiger partial charge in [0.05, 0.1) is 24.0 Å². The number of hydrogen-bond donors (Lipinski definition) is 0. The summed E-state index contributed by atoms with van der Waals surface area (Å²) in [4.78, 5) is 12.7. The van der Waals surface area contributed by atoms with Gasteiger partial charge >= 0.3 is 0 Å². The standard InChI is InChI=1S/C18H20ClN3O6S/c1-27-17-6-4-14(12-18(17)28-2)29(25,26)21-9-7-20(8-10-21)15-5-3-13(19)11-16(15)22(23)24/h3-6,11-12H,7-10H2,1-2H3. The van der Waals surface area contributed by atoms with Crippen molar-refractivity contribution in [2.45, 2.75) is 4.90 Å². The number of hydrogen-bond acceptors (Lipinski definition) is 7. The first-order valence-corrected chi connectivity index (χ1v) is 10.5. The summed E-state index contributed by atoms with van der Waals surface area (Å²) in [5.41, 5.74) is 0.316. The van der Waals surface area contributed by atoms with E-state index < -0.39 is 14.9 Å². The SMILES string of the molecule is COc1ccc(S(=O)(=O)N2CCN(c3ccc(Cl)cc3[N+](=O)[O-])CC2)cc1OC. The summed E-state index contributed by atoms with van der Waals surface area (Å²) in [5, 5.41) is 11.6. The highest BCUT2D eigenvalue weighted by Crippen LogP contribution is 2.33. The van der Waals surface area contributed by atoms with E-state index in [1.54, 1.807) is 23.1 Å². The van der Waals surface area contributed by atoms with Crippen molar-refractivity contribution in [2.75, 3.05) is 45.3 Å². The zero-order valence-corrected chi connectivity index (χ0v) is 17.4. The number of nitrogens with zero attached hydrogens (tertiary/aromatic N) is 3. The Morgan fingerprint density at radius 2 is 1.66 bits per heavy atom. The Kier molecular flexibility index (Phi) is 6.15. The quantitative estimate of drug-likeness (QED) is 0.501. The molecule has 0 spiro atoms. The lowest BCUT2D eigenvalue weighted by atomic mass is 10.2. The second-order valence-corrected chi connectivity index (χ2v) is 8.67. The molecule has 1 aliphatic rings. The van der Waals surface area contributed by atoms with Gasteiger partial charge in [-0.2, -0.15) is 4.31 Å². The van der Waals surface area contributed by atoms with E-state index >= 15 is 0 Å². The molecule has 2 aromatic rings. The average molecular weight is 442 g/mol. The molecule has 0 bridgehead atoms. The fourth-order valence-corrected chi connectivity index (χ4v) is 4.81. The van der Waals surface area contributed by atoms with Crippen LogP contribution in [0.15, 0.2) is 41.3 Å². The average Bonchev–Trinajstić information content (AvgIpc) is 2.73. The van der Waals surface area contributed by atoms with E-state index in [2.05, 4.69) is 0 Å². The molecule has 0 amide bonds. The van der Waals surface area contributed by atoms with E-state index in [9.17, 15) is 18.5 Å². The van der Waals surface area contributed by atoms with Crippen molar-refractivity contribution in [3.63, 3.8) is 0 Å². The maximum Gasteiger partial charge on any atom is 0.294 e. The first-order valence-electron chi connectivity index (χ1n) is 8.69. The van der Waals surface area contributed by atoms with E-state index in [4.69, 9.17) is 21.1 Å². The molecule has 0 unspecified atom stereocenters. The summed E-state index contributed by atoms with van der Waals surface area (Å²) < 4.78 is 37.7. The minimum atomic E-state index is -3.74. The third kappa shape index (κ3) is 4.24. The van der Waals surface area contributed by atoms with Crippen molar-refractivity contribution in [1.82, 2.24) is 4.31 Å². The van der Waals surface area contributed by atoms with Crippen LogP contribution in [-0.2, 0) is 10.0 Å². The van der Waals surface area contributed by atoms with Gasteiger partial charge in [0.1, 0.15) is 5.69 Å². The van der Waals surface area contributed by atoms with E-state index in [0.717, 1.165) is 0 Å². The molecule has 3 rings (SSSR count). The van der Waals surface area contributed by atoms with Crippen molar-refractivity contribution in [2.24, 2.45) is 0 Å². The van der Waals surface area contributed by atoms with Crippen LogP contribution in [0.5, 0.6) is 11.5 Å². The van der Waals surface area contributed by atoms with Crippen LogP contribution in [0.3, 0.4) is 0 Å². The lowest BCUT2D eigenvalue weighted by molar-refractivity contribution is -0.384. The van der Waals surface area contributed by atoms with Gasteiger partial charge in [-0.05, 0) is 24.3 Å². The molecule has 0 aliphatic carbocycles. The summed E-state index contributed by atoms with van der Waals surface area (Å²) in [6.45, 7) is 1.01. The first-order chi connectivity index (χ1) is 13.8. The fourth-order valence-electron chi connectivity index (χ4n) is 3.21. The molecule has 1 fully saturated rings. The number of sulfonamides is 1. The minimum absolute atomic E-state index is 0.0982. The number of halogens is 1. The molecule has 0 saturated carbocycles. The Hall–Kier alpha value is -2.56. The van der Waals surface area contributed by atoms with E-state index in [-0.39, 0.29) is 28.7 Å². The molecule has 0 atom stereocenters. The van der Waals surface area contributed by atoms with Crippen LogP contribution in [0.25, 0.3) is 0 Å². The molecule has 29 heavy (non-hydrogen) atoms. The van der Waals surface area contributed by atoms with Gasteiger partial charge < -0.3 is 14.4 Å². The van der Waals surface area contributed by atoms with Gasteiger partial charge in [-0.1, -0.05) is 11.6 Å². The zero-order chi connectivity index (χ0) is 21.2. The molecule has 1 saturated heterocycles. The van der Waals surface area contributed by atoms with Crippen molar-refractivity contribution in [3.8, 4) is 11.5 Å². The predicted octanol–water partition coefficient (Wildman–Crippen LogP) is 2.78. The van der Waals surface area contributed by atoms with Gasteiger partial charge in [-0.3, -0.25) is 10.1 Å². The van der Waals surface area contributed by atoms with Crippen molar-refractivity contribution >= 4 is 33.0 Å². The minimum Gasteiger partial charge on any atom is -0.493 e. The fraction of sp³-hybridized carbons (Fsp3) is 0.333. The lowest BCUT2D eigenvalue weighted by Crippen LogP contribution is -2.48. The predicted molar refractivity (Wildman–Crippen MR) is 109 cm³/mol. The van der Waals surface area contributed by atoms with Gasteiger partial charge in [0.2, 0.25) is 10.0 Å². The van der Waals surface area contributed by atoms with E-state index in [0.29, 0.717) is 30.3 Å². The molecule has 2 aromatic carbocycles. The van der Waals surface area contributed by atoms with Crippen molar-refractivity contribution < 1.29 is 22.8 Å². The van der Waals surface area contributed by atoms with E-state index in [1.807, 2.05) is 0 Å². The van der Waals surface area contributed by atoms with Gasteiger partial charge in [-0.15, -0.1) is 0 Å². The third-order valence-electron chi connectivity index (χ3n) is 4.71. The molecule has 1 aliphatic heterocycles. The number of nitro benzene ring substituents is 1. The number of rotatable bonds is 6. The summed E-state index contributed by atoms with van der Waals surface area (Å²) >= 11 is 5.87. The molecule has 9 nitrogen and oxygen atoms in total. The Labute approximate surface area is 173 Å². The maximum absolute atomic E-state index is 13.0. The monoisotopic (exact) mass is 441 g/mol. The van der Waals surface area contributed by atoms with Crippen molar-refractivity contribution in [1.29, 1.82) is 0 Å². The molecule has 0 radical (unpaired) electrons. The molecule has 156 valence electrons. The van der Waals surface area contributed by atoms with Gasteiger partial charge in [0, 0.05) is 43.3 Å². The first kappa shape index (κ1) is 21.2. The summed E-state index contributed by atoms with van der Waals surface area (Å²) in [6.07, 6.45) is 0. The largest absolute Gasteiger partial charge is 0.493 e. The lowest BCUT2D eigenvalue weighted by Gasteiger charge is -2.35. The van der Waals surface area contributed by atoms with Crippen LogP contribution in [0.1, 0.15) is 0 Å². The van der Waals surface area contributed by atoms with Crippen LogP contribution in [0, 0.1) is 10.1 Å². The zero-order valence-electron chi connectivity index (χ0n) is 15.9. The van der Waals surface area contributed by atoms with Crippen LogP contribution >= 0.6 is 11.6 Å². The van der Waals surface area contributed by atoms with Gasteiger partial charge in [0.15, 0.2) is 11.5 Å². The van der Waals surface area contributed by atoms with Crippen LogP contribution in [0.4, 0.5) is 11.4 Å². The summed E-state index contributed by atoms with van der Waals surface area (Å²) in [6, 6.07) is 8.88. The molecule has 1 heterocycles. The number of benzene rings is 2. The highest BCUT2D eigenvalue weighted by molar-refractivity contribution is 7.89. The Bertz CT molecular complexity index is 1020. The topological polar surface area (TPSA) is 102 Å². The van der Waals surface area contributed by atoms with Crippen molar-refractivity contribution in [3.05, 3.63) is 51.5 Å². The molecule has 0 N–H and O–H groups in total. The third-order valence-corrected chi connectivity index (χ3v) is 6.84. The van der Waals surface area contributed by atoms with Gasteiger partial charge in [-0.25, -0.2) is 8.42 Å². The number of piperazine rings is 1. The molecule has 11 heteroatoms. The van der Waals surface area contributed by atoms with Crippen LogP contribution in [0.2, 0.25) is 5.02 Å². The number of anilines is 1. The van der Waals surface area contributed by atoms with E-state index in [1.165, 1.54) is 36.7 Å². The normalized spacial score (nSPS) is 15.2.